The summed E-state index contributed by atoms with van der Waals surface area (Å²) in [5.74, 6) is -1.83. The van der Waals surface area contributed by atoms with E-state index in [1.807, 2.05) is 0 Å². The van der Waals surface area contributed by atoms with Crippen molar-refractivity contribution < 1.29 is 33.3 Å². The van der Waals surface area contributed by atoms with E-state index in [-0.39, 0.29) is 31.8 Å². The number of hydrogen-bond acceptors (Lipinski definition) is 7. The predicted octanol–water partition coefficient (Wildman–Crippen LogP) is 1.35. The monoisotopic (exact) mass is 302 g/mol. The van der Waals surface area contributed by atoms with Gasteiger partial charge in [0.05, 0.1) is 38.1 Å². The number of carbonyl (C=O) groups is 3. The van der Waals surface area contributed by atoms with Crippen molar-refractivity contribution in [1.29, 1.82) is 0 Å². The molecule has 0 saturated carbocycles. The minimum atomic E-state index is -0.892. The van der Waals surface area contributed by atoms with Crippen LogP contribution in [0, 0.1) is 0 Å². The second kappa shape index (κ2) is 10.7. The highest BCUT2D eigenvalue weighted by Crippen LogP contribution is 2.08. The third-order valence-corrected chi connectivity index (χ3v) is 2.21. The van der Waals surface area contributed by atoms with Crippen LogP contribution in [0.1, 0.15) is 34.1 Å². The average molecular weight is 302 g/mol. The second-order valence-corrected chi connectivity index (χ2v) is 3.88. The van der Waals surface area contributed by atoms with Gasteiger partial charge in [-0.25, -0.2) is 9.59 Å². The van der Waals surface area contributed by atoms with E-state index in [1.165, 1.54) is 6.92 Å². The first-order valence-corrected chi connectivity index (χ1v) is 6.80. The topological polar surface area (TPSA) is 88.1 Å². The van der Waals surface area contributed by atoms with Crippen molar-refractivity contribution in [3.05, 3.63) is 11.8 Å². The molecule has 7 heteroatoms. The summed E-state index contributed by atoms with van der Waals surface area (Å²) in [4.78, 5) is 34.5. The van der Waals surface area contributed by atoms with Crippen molar-refractivity contribution >= 4 is 17.9 Å². The fourth-order valence-corrected chi connectivity index (χ4v) is 1.25. The van der Waals surface area contributed by atoms with E-state index in [2.05, 4.69) is 0 Å². The minimum absolute atomic E-state index is 0.0218. The molecule has 0 rings (SSSR count). The Morgan fingerprint density at radius 3 is 2.05 bits per heavy atom. The molecule has 120 valence electrons. The molecular weight excluding hydrogens is 280 g/mol. The standard InChI is InChI=1S/C14H22O7/c1-5-18-12(15)8-11(14(17)20-7-3)9-21-10(4)13(16)19-6-2/h9-10H,5-8H2,1-4H3. The molecule has 0 radical (unpaired) electrons. The maximum absolute atomic E-state index is 11.7. The Hall–Kier alpha value is -2.05. The Morgan fingerprint density at radius 1 is 0.952 bits per heavy atom. The molecule has 0 aliphatic rings. The summed E-state index contributed by atoms with van der Waals surface area (Å²) in [6, 6.07) is 0. The molecule has 0 aliphatic carbocycles. The van der Waals surface area contributed by atoms with Crippen molar-refractivity contribution in [2.45, 2.75) is 40.2 Å². The van der Waals surface area contributed by atoms with E-state index in [1.54, 1.807) is 20.8 Å². The largest absolute Gasteiger partial charge is 0.486 e. The molecule has 0 aliphatic heterocycles. The van der Waals surface area contributed by atoms with Crippen LogP contribution in [0.2, 0.25) is 0 Å². The first-order chi connectivity index (χ1) is 9.96. The van der Waals surface area contributed by atoms with E-state index < -0.39 is 24.0 Å². The first kappa shape index (κ1) is 18.9. The summed E-state index contributed by atoms with van der Waals surface area (Å²) >= 11 is 0. The summed E-state index contributed by atoms with van der Waals surface area (Å²) in [6.45, 7) is 7.03. The van der Waals surface area contributed by atoms with Crippen molar-refractivity contribution in [3.63, 3.8) is 0 Å². The average Bonchev–Trinajstić information content (AvgIpc) is 2.43. The van der Waals surface area contributed by atoms with Gasteiger partial charge in [-0.1, -0.05) is 0 Å². The molecule has 0 bridgehead atoms. The van der Waals surface area contributed by atoms with Crippen LogP contribution in [0.3, 0.4) is 0 Å². The Balaban J connectivity index is 4.77. The highest BCUT2D eigenvalue weighted by molar-refractivity contribution is 5.93. The molecule has 0 aromatic carbocycles. The Morgan fingerprint density at radius 2 is 1.52 bits per heavy atom. The smallest absolute Gasteiger partial charge is 0.346 e. The lowest BCUT2D eigenvalue weighted by molar-refractivity contribution is -0.152. The van der Waals surface area contributed by atoms with Crippen LogP contribution in [0.5, 0.6) is 0 Å². The van der Waals surface area contributed by atoms with E-state index >= 15 is 0 Å². The van der Waals surface area contributed by atoms with Gasteiger partial charge in [-0.05, 0) is 27.7 Å². The Bertz CT molecular complexity index is 387. The van der Waals surface area contributed by atoms with Crippen LogP contribution < -0.4 is 0 Å². The quantitative estimate of drug-likeness (QED) is 0.275. The highest BCUT2D eigenvalue weighted by Gasteiger charge is 2.19. The van der Waals surface area contributed by atoms with Gasteiger partial charge >= 0.3 is 17.9 Å². The van der Waals surface area contributed by atoms with Gasteiger partial charge < -0.3 is 18.9 Å². The molecule has 0 amide bonds. The molecule has 21 heavy (non-hydrogen) atoms. The fraction of sp³-hybridized carbons (Fsp3) is 0.643. The first-order valence-electron chi connectivity index (χ1n) is 6.80. The van der Waals surface area contributed by atoms with Gasteiger partial charge in [0.15, 0.2) is 6.10 Å². The zero-order valence-electron chi connectivity index (χ0n) is 12.8. The molecule has 7 nitrogen and oxygen atoms in total. The Labute approximate surface area is 124 Å². The number of rotatable bonds is 9. The molecule has 0 fully saturated rings. The van der Waals surface area contributed by atoms with Crippen LogP contribution in [-0.2, 0) is 33.3 Å². The summed E-state index contributed by atoms with van der Waals surface area (Å²) in [5.41, 5.74) is -0.0218. The number of hydrogen-bond donors (Lipinski definition) is 0. The molecule has 1 atom stereocenters. The summed E-state index contributed by atoms with van der Waals surface area (Å²) in [7, 11) is 0. The van der Waals surface area contributed by atoms with Gasteiger partial charge in [0.2, 0.25) is 0 Å². The molecule has 0 aromatic heterocycles. The molecule has 0 saturated heterocycles. The van der Waals surface area contributed by atoms with Gasteiger partial charge in [-0.3, -0.25) is 4.79 Å². The Kier molecular flexibility index (Phi) is 9.66. The van der Waals surface area contributed by atoms with E-state index in [0.29, 0.717) is 0 Å². The van der Waals surface area contributed by atoms with Gasteiger partial charge in [0.25, 0.3) is 0 Å². The minimum Gasteiger partial charge on any atom is -0.486 e. The molecule has 0 spiro atoms. The molecule has 0 aromatic rings. The van der Waals surface area contributed by atoms with Crippen molar-refractivity contribution in [2.24, 2.45) is 0 Å². The van der Waals surface area contributed by atoms with E-state index in [4.69, 9.17) is 18.9 Å². The third-order valence-electron chi connectivity index (χ3n) is 2.21. The van der Waals surface area contributed by atoms with Gasteiger partial charge in [0.1, 0.15) is 0 Å². The second-order valence-electron chi connectivity index (χ2n) is 3.88. The van der Waals surface area contributed by atoms with Crippen LogP contribution >= 0.6 is 0 Å². The van der Waals surface area contributed by atoms with Crippen LogP contribution in [-0.4, -0.2) is 43.8 Å². The lowest BCUT2D eigenvalue weighted by Gasteiger charge is -2.12. The predicted molar refractivity (Wildman–Crippen MR) is 73.1 cm³/mol. The molecule has 1 unspecified atom stereocenters. The van der Waals surface area contributed by atoms with Gasteiger partial charge in [0, 0.05) is 0 Å². The molecule has 0 heterocycles. The van der Waals surface area contributed by atoms with Gasteiger partial charge in [-0.2, -0.15) is 0 Å². The highest BCUT2D eigenvalue weighted by atomic mass is 16.6. The molecule has 0 N–H and O–H groups in total. The zero-order valence-corrected chi connectivity index (χ0v) is 12.8. The molecular formula is C14H22O7. The van der Waals surface area contributed by atoms with Crippen LogP contribution in [0.4, 0.5) is 0 Å². The van der Waals surface area contributed by atoms with Crippen molar-refractivity contribution in [2.75, 3.05) is 19.8 Å². The van der Waals surface area contributed by atoms with Crippen molar-refractivity contribution in [3.8, 4) is 0 Å². The maximum Gasteiger partial charge on any atom is 0.346 e. The lowest BCUT2D eigenvalue weighted by Crippen LogP contribution is -2.22. The third kappa shape index (κ3) is 7.96. The number of carbonyl (C=O) groups excluding carboxylic acids is 3. The summed E-state index contributed by atoms with van der Waals surface area (Å²) in [5, 5.41) is 0. The van der Waals surface area contributed by atoms with Crippen LogP contribution in [0.15, 0.2) is 11.8 Å². The lowest BCUT2D eigenvalue weighted by atomic mass is 10.2. The van der Waals surface area contributed by atoms with Gasteiger partial charge in [-0.15, -0.1) is 0 Å². The summed E-state index contributed by atoms with van der Waals surface area (Å²) < 4.78 is 19.5. The maximum atomic E-state index is 11.7. The SMILES string of the molecule is CCOC(=O)CC(=COC(C)C(=O)OCC)C(=O)OCC. The van der Waals surface area contributed by atoms with E-state index in [0.717, 1.165) is 6.26 Å². The van der Waals surface area contributed by atoms with Crippen molar-refractivity contribution in [1.82, 2.24) is 0 Å². The fourth-order valence-electron chi connectivity index (χ4n) is 1.25. The number of ether oxygens (including phenoxy) is 4. The van der Waals surface area contributed by atoms with E-state index in [9.17, 15) is 14.4 Å². The summed E-state index contributed by atoms with van der Waals surface area (Å²) in [6.07, 6.45) is -0.143. The zero-order chi connectivity index (χ0) is 16.3. The number of esters is 3. The normalized spacial score (nSPS) is 12.3. The van der Waals surface area contributed by atoms with Crippen LogP contribution in [0.25, 0.3) is 0 Å².